The molecule has 1 rings (SSSR count). The first-order valence-electron chi connectivity index (χ1n) is 8.16. The lowest BCUT2D eigenvalue weighted by molar-refractivity contribution is -0.128. The number of methoxy groups -OCH3 is 1. The summed E-state index contributed by atoms with van der Waals surface area (Å²) in [4.78, 5) is 12.2. The van der Waals surface area contributed by atoms with E-state index in [1.165, 1.54) is 0 Å². The van der Waals surface area contributed by atoms with E-state index in [1.54, 1.807) is 7.11 Å². The minimum atomic E-state index is 0.0779. The number of unbranched alkanes of at least 4 members (excludes halogenated alkanes) is 1. The second kappa shape index (κ2) is 10.1. The van der Waals surface area contributed by atoms with Crippen molar-refractivity contribution in [3.8, 4) is 0 Å². The Morgan fingerprint density at radius 3 is 2.62 bits per heavy atom. The van der Waals surface area contributed by atoms with E-state index in [4.69, 9.17) is 15.2 Å². The molecule has 0 heterocycles. The fourth-order valence-corrected chi connectivity index (χ4v) is 2.96. The fourth-order valence-electron chi connectivity index (χ4n) is 2.96. The topological polar surface area (TPSA) is 73.6 Å². The van der Waals surface area contributed by atoms with Crippen molar-refractivity contribution in [2.45, 2.75) is 45.6 Å². The average Bonchev–Trinajstić information content (AvgIpc) is 2.45. The van der Waals surface area contributed by atoms with Gasteiger partial charge in [0.25, 0.3) is 0 Å². The number of hydrogen-bond donors (Lipinski definition) is 2. The van der Waals surface area contributed by atoms with Gasteiger partial charge in [-0.1, -0.05) is 13.8 Å². The van der Waals surface area contributed by atoms with Crippen molar-refractivity contribution in [3.05, 3.63) is 0 Å². The Morgan fingerprint density at radius 2 is 1.90 bits per heavy atom. The molecule has 1 amide bonds. The summed E-state index contributed by atoms with van der Waals surface area (Å²) in [6, 6.07) is 0.158. The SMILES string of the molecule is COCCOCCCCNC(=O)C1CC(N)C(C)CC1C. The van der Waals surface area contributed by atoms with Crippen LogP contribution in [0.5, 0.6) is 0 Å². The van der Waals surface area contributed by atoms with Crippen molar-refractivity contribution in [3.63, 3.8) is 0 Å². The van der Waals surface area contributed by atoms with Crippen LogP contribution in [0, 0.1) is 17.8 Å². The van der Waals surface area contributed by atoms with Gasteiger partial charge in [0.05, 0.1) is 13.2 Å². The third-order valence-corrected chi connectivity index (χ3v) is 4.47. The van der Waals surface area contributed by atoms with Crippen LogP contribution in [0.25, 0.3) is 0 Å². The first-order valence-corrected chi connectivity index (χ1v) is 8.16. The van der Waals surface area contributed by atoms with Gasteiger partial charge >= 0.3 is 0 Å². The van der Waals surface area contributed by atoms with E-state index < -0.39 is 0 Å². The molecule has 0 spiro atoms. The molecule has 4 unspecified atom stereocenters. The summed E-state index contributed by atoms with van der Waals surface area (Å²) >= 11 is 0. The number of carbonyl (C=O) groups excluding carboxylic acids is 1. The van der Waals surface area contributed by atoms with Crippen molar-refractivity contribution in [1.82, 2.24) is 5.32 Å². The lowest BCUT2D eigenvalue weighted by Crippen LogP contribution is -2.45. The molecule has 1 saturated carbocycles. The highest BCUT2D eigenvalue weighted by Crippen LogP contribution is 2.32. The Hall–Kier alpha value is -0.650. The molecule has 1 fully saturated rings. The molecule has 0 aromatic carbocycles. The Kier molecular flexibility index (Phi) is 8.88. The lowest BCUT2D eigenvalue weighted by atomic mass is 9.72. The van der Waals surface area contributed by atoms with Gasteiger partial charge < -0.3 is 20.5 Å². The third-order valence-electron chi connectivity index (χ3n) is 4.47. The lowest BCUT2D eigenvalue weighted by Gasteiger charge is -2.36. The van der Waals surface area contributed by atoms with Crippen LogP contribution in [0.15, 0.2) is 0 Å². The second-order valence-electron chi connectivity index (χ2n) is 6.30. The van der Waals surface area contributed by atoms with Crippen LogP contribution in [0.1, 0.15) is 39.5 Å². The van der Waals surface area contributed by atoms with Crippen molar-refractivity contribution in [2.75, 3.05) is 33.5 Å². The van der Waals surface area contributed by atoms with Crippen LogP contribution in [-0.4, -0.2) is 45.4 Å². The monoisotopic (exact) mass is 300 g/mol. The number of hydrogen-bond acceptors (Lipinski definition) is 4. The number of ether oxygens (including phenoxy) is 2. The quantitative estimate of drug-likeness (QED) is 0.634. The first-order chi connectivity index (χ1) is 10.1. The van der Waals surface area contributed by atoms with Gasteiger partial charge in [-0.2, -0.15) is 0 Å². The summed E-state index contributed by atoms with van der Waals surface area (Å²) in [6.45, 7) is 7.06. The summed E-state index contributed by atoms with van der Waals surface area (Å²) in [5.74, 6) is 1.20. The zero-order chi connectivity index (χ0) is 15.7. The molecule has 0 aromatic heterocycles. The minimum absolute atomic E-state index is 0.0779. The number of nitrogens with one attached hydrogen (secondary N) is 1. The molecule has 5 nitrogen and oxygen atoms in total. The second-order valence-corrected chi connectivity index (χ2v) is 6.30. The predicted octanol–water partition coefficient (Wildman–Crippen LogP) is 1.56. The van der Waals surface area contributed by atoms with Crippen LogP contribution in [0.2, 0.25) is 0 Å². The van der Waals surface area contributed by atoms with Crippen LogP contribution < -0.4 is 11.1 Å². The summed E-state index contributed by atoms with van der Waals surface area (Å²) in [5, 5.41) is 3.05. The zero-order valence-corrected chi connectivity index (χ0v) is 13.8. The van der Waals surface area contributed by atoms with Gasteiger partial charge in [-0.25, -0.2) is 0 Å². The predicted molar refractivity (Wildman–Crippen MR) is 84.0 cm³/mol. The minimum Gasteiger partial charge on any atom is -0.382 e. The van der Waals surface area contributed by atoms with E-state index >= 15 is 0 Å². The summed E-state index contributed by atoms with van der Waals surface area (Å²) < 4.78 is 10.3. The van der Waals surface area contributed by atoms with Gasteiger partial charge in [0.2, 0.25) is 5.91 Å². The van der Waals surface area contributed by atoms with Gasteiger partial charge in [-0.15, -0.1) is 0 Å². The molecule has 0 saturated heterocycles. The molecule has 3 N–H and O–H groups in total. The molecular formula is C16H32N2O3. The Balaban J connectivity index is 2.10. The maximum Gasteiger partial charge on any atom is 0.223 e. The number of carbonyl (C=O) groups is 1. The number of nitrogens with two attached hydrogens (primary N) is 1. The van der Waals surface area contributed by atoms with Crippen LogP contribution in [0.3, 0.4) is 0 Å². The molecule has 1 aliphatic carbocycles. The van der Waals surface area contributed by atoms with E-state index in [1.807, 2.05) is 0 Å². The van der Waals surface area contributed by atoms with Gasteiger partial charge in [-0.05, 0) is 37.5 Å². The summed E-state index contributed by atoms with van der Waals surface area (Å²) in [5.41, 5.74) is 6.10. The summed E-state index contributed by atoms with van der Waals surface area (Å²) in [6.07, 6.45) is 3.77. The standard InChI is InChI=1S/C16H32N2O3/c1-12-10-13(2)15(17)11-14(12)16(19)18-6-4-5-7-21-9-8-20-3/h12-15H,4-11,17H2,1-3H3,(H,18,19). The summed E-state index contributed by atoms with van der Waals surface area (Å²) in [7, 11) is 1.66. The average molecular weight is 300 g/mol. The van der Waals surface area contributed by atoms with Crippen LogP contribution in [-0.2, 0) is 14.3 Å². The number of amides is 1. The third kappa shape index (κ3) is 6.76. The number of rotatable bonds is 9. The molecule has 5 heteroatoms. The maximum atomic E-state index is 12.2. The van der Waals surface area contributed by atoms with E-state index in [0.717, 1.165) is 38.8 Å². The van der Waals surface area contributed by atoms with Crippen LogP contribution in [0.4, 0.5) is 0 Å². The van der Waals surface area contributed by atoms with E-state index in [-0.39, 0.29) is 17.9 Å². The van der Waals surface area contributed by atoms with E-state index in [9.17, 15) is 4.79 Å². The van der Waals surface area contributed by atoms with Crippen molar-refractivity contribution in [1.29, 1.82) is 0 Å². The highest BCUT2D eigenvalue weighted by molar-refractivity contribution is 5.79. The molecule has 4 atom stereocenters. The van der Waals surface area contributed by atoms with Crippen molar-refractivity contribution in [2.24, 2.45) is 23.5 Å². The van der Waals surface area contributed by atoms with Gasteiger partial charge in [0.15, 0.2) is 0 Å². The zero-order valence-electron chi connectivity index (χ0n) is 13.8. The highest BCUT2D eigenvalue weighted by Gasteiger charge is 2.34. The molecule has 0 bridgehead atoms. The van der Waals surface area contributed by atoms with Crippen LogP contribution >= 0.6 is 0 Å². The fraction of sp³-hybridized carbons (Fsp3) is 0.938. The smallest absolute Gasteiger partial charge is 0.223 e. The largest absolute Gasteiger partial charge is 0.382 e. The van der Waals surface area contributed by atoms with Crippen molar-refractivity contribution < 1.29 is 14.3 Å². The first kappa shape index (κ1) is 18.4. The molecule has 0 aliphatic heterocycles. The maximum absolute atomic E-state index is 12.2. The van der Waals surface area contributed by atoms with Crippen molar-refractivity contribution >= 4 is 5.91 Å². The molecule has 124 valence electrons. The molecule has 0 radical (unpaired) electrons. The van der Waals surface area contributed by atoms with Gasteiger partial charge in [-0.3, -0.25) is 4.79 Å². The molecule has 0 aromatic rings. The van der Waals surface area contributed by atoms with Gasteiger partial charge in [0.1, 0.15) is 0 Å². The van der Waals surface area contributed by atoms with E-state index in [2.05, 4.69) is 19.2 Å². The molecule has 21 heavy (non-hydrogen) atoms. The normalized spacial score (nSPS) is 29.3. The molecule has 1 aliphatic rings. The molecular weight excluding hydrogens is 268 g/mol. The highest BCUT2D eigenvalue weighted by atomic mass is 16.5. The Morgan fingerprint density at radius 1 is 1.14 bits per heavy atom. The van der Waals surface area contributed by atoms with Gasteiger partial charge in [0, 0.05) is 32.2 Å². The van der Waals surface area contributed by atoms with E-state index in [0.29, 0.717) is 25.0 Å². The Labute approximate surface area is 128 Å². The Bertz CT molecular complexity index is 299.